The van der Waals surface area contributed by atoms with Gasteiger partial charge in [0.1, 0.15) is 22.9 Å². The molecule has 0 spiro atoms. The summed E-state index contributed by atoms with van der Waals surface area (Å²) in [6.45, 7) is 1.59. The zero-order valence-corrected chi connectivity index (χ0v) is 24.1. The summed E-state index contributed by atoms with van der Waals surface area (Å²) in [4.78, 5) is 47.3. The molecular formula is C33H27N5O6. The summed E-state index contributed by atoms with van der Waals surface area (Å²) in [6.07, 6.45) is 3.07. The lowest BCUT2D eigenvalue weighted by atomic mass is 10.2. The van der Waals surface area contributed by atoms with Crippen LogP contribution in [0.25, 0.3) is 16.6 Å². The Labute approximate surface area is 252 Å². The molecule has 5 aromatic rings. The Morgan fingerprint density at radius 1 is 0.909 bits per heavy atom. The van der Waals surface area contributed by atoms with E-state index in [4.69, 9.17) is 14.2 Å². The first kappa shape index (κ1) is 29.3. The summed E-state index contributed by atoms with van der Waals surface area (Å²) in [5.41, 5.74) is 1.01. The molecule has 0 atom stereocenters. The van der Waals surface area contributed by atoms with Crippen molar-refractivity contribution in [2.45, 2.75) is 13.5 Å². The third kappa shape index (κ3) is 6.34. The summed E-state index contributed by atoms with van der Waals surface area (Å²) in [7, 11) is 3.10. The van der Waals surface area contributed by atoms with E-state index >= 15 is 0 Å². The van der Waals surface area contributed by atoms with E-state index in [1.54, 1.807) is 88.0 Å². The minimum absolute atomic E-state index is 0.0374. The van der Waals surface area contributed by atoms with Crippen molar-refractivity contribution in [2.24, 2.45) is 0 Å². The van der Waals surface area contributed by atoms with Crippen LogP contribution in [0.4, 0.5) is 5.82 Å². The summed E-state index contributed by atoms with van der Waals surface area (Å²) >= 11 is 0. The molecule has 0 bridgehead atoms. The Bertz CT molecular complexity index is 1960. The molecule has 2 aromatic carbocycles. The number of pyridine rings is 3. The van der Waals surface area contributed by atoms with E-state index in [2.05, 4.69) is 32.4 Å². The van der Waals surface area contributed by atoms with Gasteiger partial charge in [-0.15, -0.1) is 0 Å². The number of methoxy groups -OCH3 is 2. The highest BCUT2D eigenvalue weighted by molar-refractivity contribution is 6.03. The second-order valence-electron chi connectivity index (χ2n) is 9.24. The zero-order valence-electron chi connectivity index (χ0n) is 24.1. The number of amides is 2. The van der Waals surface area contributed by atoms with Crippen LogP contribution in [0.2, 0.25) is 0 Å². The lowest BCUT2D eigenvalue weighted by molar-refractivity contribution is -0.115. The molecule has 2 N–H and O–H groups in total. The number of carbonyl (C=O) groups excluding carboxylic acids is 2. The van der Waals surface area contributed by atoms with Gasteiger partial charge in [0, 0.05) is 29.0 Å². The van der Waals surface area contributed by atoms with Gasteiger partial charge in [0.05, 0.1) is 32.5 Å². The highest BCUT2D eigenvalue weighted by Crippen LogP contribution is 2.36. The van der Waals surface area contributed by atoms with Crippen molar-refractivity contribution in [2.75, 3.05) is 19.5 Å². The minimum Gasteiger partial charge on any atom is -0.493 e. The highest BCUT2D eigenvalue weighted by Gasteiger charge is 2.18. The predicted octanol–water partition coefficient (Wildman–Crippen LogP) is 4.48. The molecule has 0 aliphatic carbocycles. The van der Waals surface area contributed by atoms with Gasteiger partial charge in [-0.05, 0) is 61.4 Å². The van der Waals surface area contributed by atoms with E-state index in [1.165, 1.54) is 16.8 Å². The molecule has 2 amide bonds. The Morgan fingerprint density at radius 3 is 2.39 bits per heavy atom. The fourth-order valence-corrected chi connectivity index (χ4v) is 4.44. The molecule has 220 valence electrons. The predicted molar refractivity (Wildman–Crippen MR) is 164 cm³/mol. The van der Waals surface area contributed by atoms with Gasteiger partial charge in [-0.1, -0.05) is 24.1 Å². The fourth-order valence-electron chi connectivity index (χ4n) is 4.44. The van der Waals surface area contributed by atoms with Crippen molar-refractivity contribution in [3.63, 3.8) is 0 Å². The topological polar surface area (TPSA) is 134 Å². The number of ether oxygens (including phenoxy) is 3. The van der Waals surface area contributed by atoms with Gasteiger partial charge in [-0.2, -0.15) is 0 Å². The zero-order chi connectivity index (χ0) is 31.1. The van der Waals surface area contributed by atoms with Gasteiger partial charge in [-0.25, -0.2) is 4.98 Å². The van der Waals surface area contributed by atoms with Crippen LogP contribution >= 0.6 is 0 Å². The first-order valence-electron chi connectivity index (χ1n) is 13.4. The molecule has 0 aliphatic rings. The van der Waals surface area contributed by atoms with Crippen molar-refractivity contribution < 1.29 is 23.8 Å². The van der Waals surface area contributed by atoms with Crippen molar-refractivity contribution in [1.29, 1.82) is 0 Å². The third-order valence-corrected chi connectivity index (χ3v) is 6.50. The molecule has 0 unspecified atom stereocenters. The Hall–Kier alpha value is -6.15. The van der Waals surface area contributed by atoms with Crippen LogP contribution in [-0.4, -0.2) is 40.6 Å². The second-order valence-corrected chi connectivity index (χ2v) is 9.24. The molecule has 0 saturated carbocycles. The maximum Gasteiger partial charge on any atom is 0.296 e. The molecule has 3 heterocycles. The van der Waals surface area contributed by atoms with E-state index in [0.717, 1.165) is 0 Å². The Balaban J connectivity index is 1.36. The molecule has 0 saturated heterocycles. The van der Waals surface area contributed by atoms with Gasteiger partial charge in [0.2, 0.25) is 0 Å². The van der Waals surface area contributed by atoms with E-state index in [-0.39, 0.29) is 17.9 Å². The van der Waals surface area contributed by atoms with Crippen molar-refractivity contribution in [3.8, 4) is 40.5 Å². The molecule has 11 nitrogen and oxygen atoms in total. The summed E-state index contributed by atoms with van der Waals surface area (Å²) in [5.74, 6) is 6.04. The minimum atomic E-state index is -0.644. The number of fused-ring (bicyclic) bond motifs is 1. The average Bonchev–Trinajstić information content (AvgIpc) is 3.04. The molecule has 3 aromatic heterocycles. The van der Waals surface area contributed by atoms with Crippen molar-refractivity contribution >= 4 is 28.5 Å². The standard InChI is InChI=1S/C33H27N5O6/c1-4-8-31(39)36-19-22-11-13-24(33(41)38(22)21-9-6-5-7-10-21)32(40)37-30-14-12-23(20-35-30)44-27-15-16-34-26-18-29(43-3)28(42-2)17-25(26)27/h5-7,9-18,20H,19H2,1-3H3,(H,36,39)(H,35,37,40). The van der Waals surface area contributed by atoms with E-state index in [1.807, 2.05) is 6.07 Å². The van der Waals surface area contributed by atoms with Crippen LogP contribution in [-0.2, 0) is 11.3 Å². The Morgan fingerprint density at radius 2 is 1.68 bits per heavy atom. The molecule has 0 radical (unpaired) electrons. The lowest BCUT2D eigenvalue weighted by Gasteiger charge is -2.15. The normalized spacial score (nSPS) is 10.3. The number of nitrogens with one attached hydrogen (secondary N) is 2. The number of benzene rings is 2. The molecule has 44 heavy (non-hydrogen) atoms. The van der Waals surface area contributed by atoms with Crippen LogP contribution in [0.1, 0.15) is 23.0 Å². The second kappa shape index (κ2) is 13.2. The summed E-state index contributed by atoms with van der Waals surface area (Å²) in [5, 5.41) is 6.03. The van der Waals surface area contributed by atoms with Gasteiger partial charge in [0.25, 0.3) is 17.4 Å². The molecular weight excluding hydrogens is 562 g/mol. The van der Waals surface area contributed by atoms with Crippen LogP contribution in [0.5, 0.6) is 23.0 Å². The number of anilines is 1. The average molecular weight is 590 g/mol. The molecule has 0 fully saturated rings. The van der Waals surface area contributed by atoms with Crippen LogP contribution in [0.3, 0.4) is 0 Å². The third-order valence-electron chi connectivity index (χ3n) is 6.50. The maximum absolute atomic E-state index is 13.5. The van der Waals surface area contributed by atoms with Crippen LogP contribution in [0, 0.1) is 11.8 Å². The smallest absolute Gasteiger partial charge is 0.296 e. The summed E-state index contributed by atoms with van der Waals surface area (Å²) in [6, 6.07) is 20.3. The van der Waals surface area contributed by atoms with E-state index in [0.29, 0.717) is 45.3 Å². The SMILES string of the molecule is CC#CC(=O)NCc1ccc(C(=O)Nc2ccc(Oc3ccnc4cc(OC)c(OC)cc34)cn2)c(=O)n1-c1ccccc1. The van der Waals surface area contributed by atoms with Crippen LogP contribution in [0.15, 0.2) is 90.0 Å². The van der Waals surface area contributed by atoms with Gasteiger partial charge < -0.3 is 24.8 Å². The summed E-state index contributed by atoms with van der Waals surface area (Å²) < 4.78 is 18.2. The number of para-hydroxylation sites is 1. The number of hydrogen-bond acceptors (Lipinski definition) is 8. The quantitative estimate of drug-likeness (QED) is 0.241. The fraction of sp³-hybridized carbons (Fsp3) is 0.121. The largest absolute Gasteiger partial charge is 0.493 e. The van der Waals surface area contributed by atoms with Crippen LogP contribution < -0.4 is 30.4 Å². The van der Waals surface area contributed by atoms with Crippen molar-refractivity contribution in [3.05, 3.63) is 107 Å². The van der Waals surface area contributed by atoms with Gasteiger partial charge >= 0.3 is 0 Å². The lowest BCUT2D eigenvalue weighted by Crippen LogP contribution is -2.32. The number of nitrogens with zero attached hydrogens (tertiary/aromatic N) is 3. The van der Waals surface area contributed by atoms with Crippen molar-refractivity contribution in [1.82, 2.24) is 19.9 Å². The number of rotatable bonds is 9. The van der Waals surface area contributed by atoms with Gasteiger partial charge in [-0.3, -0.25) is 23.9 Å². The van der Waals surface area contributed by atoms with Gasteiger partial charge in [0.15, 0.2) is 11.5 Å². The molecule has 0 aliphatic heterocycles. The number of aromatic nitrogens is 3. The first-order valence-corrected chi connectivity index (χ1v) is 13.4. The molecule has 5 rings (SSSR count). The van der Waals surface area contributed by atoms with E-state index in [9.17, 15) is 14.4 Å². The van der Waals surface area contributed by atoms with E-state index < -0.39 is 17.4 Å². The highest BCUT2D eigenvalue weighted by atomic mass is 16.5. The number of hydrogen-bond donors (Lipinski definition) is 2. The Kier molecular flexibility index (Phi) is 8.82. The maximum atomic E-state index is 13.5. The molecule has 11 heteroatoms. The monoisotopic (exact) mass is 589 g/mol. The first-order chi connectivity index (χ1) is 21.4. The number of carbonyl (C=O) groups is 2.